The maximum absolute atomic E-state index is 12.1. The number of nitrogens with zero attached hydrogens (tertiary/aromatic N) is 2. The first-order valence-corrected chi connectivity index (χ1v) is 9.07. The first-order chi connectivity index (χ1) is 11.7. The fourth-order valence-corrected chi connectivity index (χ4v) is 3.47. The lowest BCUT2D eigenvalue weighted by Crippen LogP contribution is -2.49. The molecule has 0 aliphatic carbocycles. The molecule has 0 unspecified atom stereocenters. The van der Waals surface area contributed by atoms with Crippen molar-refractivity contribution in [1.82, 2.24) is 15.1 Å². The van der Waals surface area contributed by atoms with E-state index in [1.807, 2.05) is 0 Å². The van der Waals surface area contributed by atoms with Crippen LogP contribution in [0.25, 0.3) is 0 Å². The molecule has 132 valence electrons. The Balaban J connectivity index is 1.34. The molecule has 0 bridgehead atoms. The van der Waals surface area contributed by atoms with E-state index < -0.39 is 0 Å². The zero-order valence-electron chi connectivity index (χ0n) is 14.7. The Kier molecular flexibility index (Phi) is 6.24. The van der Waals surface area contributed by atoms with Crippen LogP contribution >= 0.6 is 0 Å². The summed E-state index contributed by atoms with van der Waals surface area (Å²) in [5.74, 6) is 0.123. The van der Waals surface area contributed by atoms with Crippen LogP contribution in [0, 0.1) is 6.92 Å². The van der Waals surface area contributed by atoms with Gasteiger partial charge in [0, 0.05) is 45.9 Å². The van der Waals surface area contributed by atoms with E-state index in [1.54, 1.807) is 0 Å². The molecule has 1 aromatic carbocycles. The first-order valence-electron chi connectivity index (χ1n) is 9.07. The summed E-state index contributed by atoms with van der Waals surface area (Å²) in [5, 5.41) is 3.01. The molecule has 2 fully saturated rings. The van der Waals surface area contributed by atoms with Gasteiger partial charge in [-0.2, -0.15) is 0 Å². The van der Waals surface area contributed by atoms with Gasteiger partial charge in [-0.25, -0.2) is 0 Å². The van der Waals surface area contributed by atoms with Crippen LogP contribution in [0.4, 0.5) is 0 Å². The van der Waals surface area contributed by atoms with Crippen molar-refractivity contribution in [3.8, 4) is 0 Å². The minimum atomic E-state index is 0.123. The van der Waals surface area contributed by atoms with Crippen LogP contribution in [0.1, 0.15) is 24.0 Å². The summed E-state index contributed by atoms with van der Waals surface area (Å²) >= 11 is 0. The topological polar surface area (TPSA) is 44.8 Å². The predicted octanol–water partition coefficient (Wildman–Crippen LogP) is 1.41. The van der Waals surface area contributed by atoms with Gasteiger partial charge in [-0.15, -0.1) is 0 Å². The van der Waals surface area contributed by atoms with E-state index in [2.05, 4.69) is 46.3 Å². The van der Waals surface area contributed by atoms with Gasteiger partial charge in [0.25, 0.3) is 0 Å². The molecule has 0 saturated carbocycles. The first kappa shape index (κ1) is 17.4. The fourth-order valence-electron chi connectivity index (χ4n) is 3.47. The quantitative estimate of drug-likeness (QED) is 0.856. The van der Waals surface area contributed by atoms with E-state index in [4.69, 9.17) is 4.74 Å². The Bertz CT molecular complexity index is 535. The maximum Gasteiger partial charge on any atom is 0.234 e. The van der Waals surface area contributed by atoms with Crippen LogP contribution in [0.3, 0.4) is 0 Å². The second kappa shape index (κ2) is 8.60. The lowest BCUT2D eigenvalue weighted by Gasteiger charge is -2.34. The molecule has 24 heavy (non-hydrogen) atoms. The number of piperazine rings is 1. The Morgan fingerprint density at radius 3 is 2.75 bits per heavy atom. The summed E-state index contributed by atoms with van der Waals surface area (Å²) < 4.78 is 5.54. The maximum atomic E-state index is 12.1. The Morgan fingerprint density at radius 1 is 1.25 bits per heavy atom. The van der Waals surface area contributed by atoms with E-state index in [-0.39, 0.29) is 12.0 Å². The number of ether oxygens (including phenoxy) is 1. The molecule has 0 radical (unpaired) electrons. The molecule has 0 spiro atoms. The summed E-state index contributed by atoms with van der Waals surface area (Å²) in [5.41, 5.74) is 2.69. The van der Waals surface area contributed by atoms with Crippen LogP contribution < -0.4 is 5.32 Å². The number of amides is 1. The lowest BCUT2D eigenvalue weighted by molar-refractivity contribution is -0.123. The molecule has 3 rings (SSSR count). The van der Waals surface area contributed by atoms with Crippen LogP contribution in [-0.2, 0) is 16.1 Å². The zero-order chi connectivity index (χ0) is 16.8. The van der Waals surface area contributed by atoms with Gasteiger partial charge in [0.15, 0.2) is 0 Å². The molecule has 1 aromatic rings. The fraction of sp³-hybridized carbons (Fsp3) is 0.632. The van der Waals surface area contributed by atoms with Gasteiger partial charge in [-0.3, -0.25) is 14.6 Å². The van der Waals surface area contributed by atoms with Gasteiger partial charge in [-0.1, -0.05) is 29.8 Å². The van der Waals surface area contributed by atoms with Gasteiger partial charge < -0.3 is 10.1 Å². The van der Waals surface area contributed by atoms with E-state index >= 15 is 0 Å². The van der Waals surface area contributed by atoms with Crippen molar-refractivity contribution >= 4 is 5.91 Å². The summed E-state index contributed by atoms with van der Waals surface area (Å²) in [6.07, 6.45) is 2.40. The van der Waals surface area contributed by atoms with Crippen LogP contribution in [0.5, 0.6) is 0 Å². The van der Waals surface area contributed by atoms with Gasteiger partial charge in [-0.05, 0) is 25.3 Å². The molecule has 1 N–H and O–H groups in total. The summed E-state index contributed by atoms with van der Waals surface area (Å²) in [7, 11) is 0. The summed E-state index contributed by atoms with van der Waals surface area (Å²) in [4.78, 5) is 16.8. The smallest absolute Gasteiger partial charge is 0.234 e. The largest absolute Gasteiger partial charge is 0.376 e. The molecule has 1 amide bonds. The molecule has 5 nitrogen and oxygen atoms in total. The number of benzene rings is 1. The molecule has 5 heteroatoms. The third-order valence-corrected chi connectivity index (χ3v) is 4.87. The molecule has 2 aliphatic rings. The SMILES string of the molecule is Cc1cccc(CN2CCN(CC(=O)NC[C@@H]3CCCO3)CC2)c1. The molecular weight excluding hydrogens is 302 g/mol. The average molecular weight is 331 g/mol. The Morgan fingerprint density at radius 2 is 2.04 bits per heavy atom. The van der Waals surface area contributed by atoms with Crippen molar-refractivity contribution in [2.45, 2.75) is 32.4 Å². The Hall–Kier alpha value is -1.43. The molecule has 1 atom stereocenters. The van der Waals surface area contributed by atoms with Gasteiger partial charge in [0.1, 0.15) is 0 Å². The number of nitrogens with one attached hydrogen (secondary N) is 1. The highest BCUT2D eigenvalue weighted by Crippen LogP contribution is 2.11. The van der Waals surface area contributed by atoms with Gasteiger partial charge in [0.05, 0.1) is 12.6 Å². The van der Waals surface area contributed by atoms with E-state index in [9.17, 15) is 4.79 Å². The minimum absolute atomic E-state index is 0.123. The van der Waals surface area contributed by atoms with Crippen molar-refractivity contribution in [3.63, 3.8) is 0 Å². The number of carbonyl (C=O) groups is 1. The standard InChI is InChI=1S/C19H29N3O2/c1-16-4-2-5-17(12-16)14-21-7-9-22(10-8-21)15-19(23)20-13-18-6-3-11-24-18/h2,4-5,12,18H,3,6-11,13-15H2,1H3,(H,20,23)/t18-/m0/s1. The Labute approximate surface area is 145 Å². The van der Waals surface area contributed by atoms with E-state index in [0.717, 1.165) is 52.2 Å². The van der Waals surface area contributed by atoms with Crippen molar-refractivity contribution in [1.29, 1.82) is 0 Å². The summed E-state index contributed by atoms with van der Waals surface area (Å²) in [6.45, 7) is 9.09. The third kappa shape index (κ3) is 5.30. The van der Waals surface area contributed by atoms with Gasteiger partial charge in [0.2, 0.25) is 5.91 Å². The highest BCUT2D eigenvalue weighted by molar-refractivity contribution is 5.78. The number of hydrogen-bond acceptors (Lipinski definition) is 4. The number of aryl methyl sites for hydroxylation is 1. The molecule has 2 saturated heterocycles. The molecule has 2 heterocycles. The number of hydrogen-bond donors (Lipinski definition) is 1. The monoisotopic (exact) mass is 331 g/mol. The second-order valence-corrected chi connectivity index (χ2v) is 6.98. The number of rotatable bonds is 6. The highest BCUT2D eigenvalue weighted by Gasteiger charge is 2.20. The molecule has 0 aromatic heterocycles. The molecular formula is C19H29N3O2. The lowest BCUT2D eigenvalue weighted by atomic mass is 10.1. The summed E-state index contributed by atoms with van der Waals surface area (Å²) in [6, 6.07) is 8.71. The second-order valence-electron chi connectivity index (χ2n) is 6.98. The van der Waals surface area contributed by atoms with Crippen LogP contribution in [-0.4, -0.2) is 67.7 Å². The van der Waals surface area contributed by atoms with Crippen molar-refractivity contribution in [3.05, 3.63) is 35.4 Å². The predicted molar refractivity (Wildman–Crippen MR) is 94.9 cm³/mol. The third-order valence-electron chi connectivity index (χ3n) is 4.87. The number of carbonyl (C=O) groups excluding carboxylic acids is 1. The normalized spacial score (nSPS) is 22.6. The van der Waals surface area contributed by atoms with Crippen molar-refractivity contribution in [2.75, 3.05) is 45.9 Å². The van der Waals surface area contributed by atoms with E-state index in [0.29, 0.717) is 13.1 Å². The average Bonchev–Trinajstić information content (AvgIpc) is 3.08. The molecule has 2 aliphatic heterocycles. The highest BCUT2D eigenvalue weighted by atomic mass is 16.5. The zero-order valence-corrected chi connectivity index (χ0v) is 14.7. The van der Waals surface area contributed by atoms with E-state index in [1.165, 1.54) is 11.1 Å². The minimum Gasteiger partial charge on any atom is -0.376 e. The van der Waals surface area contributed by atoms with Crippen LogP contribution in [0.15, 0.2) is 24.3 Å². The van der Waals surface area contributed by atoms with Crippen molar-refractivity contribution < 1.29 is 9.53 Å². The van der Waals surface area contributed by atoms with Crippen molar-refractivity contribution in [2.24, 2.45) is 0 Å². The van der Waals surface area contributed by atoms with Crippen LogP contribution in [0.2, 0.25) is 0 Å². The van der Waals surface area contributed by atoms with Gasteiger partial charge >= 0.3 is 0 Å².